The lowest BCUT2D eigenvalue weighted by Gasteiger charge is -2.38. The first-order valence-corrected chi connectivity index (χ1v) is 15.7. The van der Waals surface area contributed by atoms with Crippen molar-refractivity contribution in [2.45, 2.75) is 29.2 Å². The second kappa shape index (κ2) is 12.8. The number of hydrazone groups is 1. The molecule has 3 aromatic carbocycles. The summed E-state index contributed by atoms with van der Waals surface area (Å²) >= 11 is 0. The van der Waals surface area contributed by atoms with Gasteiger partial charge >= 0.3 is 0 Å². The van der Waals surface area contributed by atoms with Gasteiger partial charge < -0.3 is 9.47 Å². The number of nitrogens with zero attached hydrogens (tertiary/aromatic N) is 3. The largest absolute Gasteiger partial charge is 0.493 e. The van der Waals surface area contributed by atoms with Gasteiger partial charge in [-0.3, -0.25) is 4.79 Å². The van der Waals surface area contributed by atoms with Crippen LogP contribution in [0, 0.1) is 0 Å². The Kier molecular flexibility index (Phi) is 9.43. The van der Waals surface area contributed by atoms with Crippen LogP contribution in [-0.4, -0.2) is 77.0 Å². The molecular weight excluding hydrogens is 568 g/mol. The molecule has 1 fully saturated rings. The van der Waals surface area contributed by atoms with Gasteiger partial charge in [0.15, 0.2) is 11.5 Å². The molecule has 4 rings (SSSR count). The van der Waals surface area contributed by atoms with Crippen molar-refractivity contribution in [3.63, 3.8) is 0 Å². The number of hydrogen-bond acceptors (Lipinski definition) is 8. The Morgan fingerprint density at radius 3 is 2.00 bits per heavy atom. The molecule has 1 aliphatic heterocycles. The van der Waals surface area contributed by atoms with Crippen LogP contribution in [0.1, 0.15) is 18.9 Å². The summed E-state index contributed by atoms with van der Waals surface area (Å²) in [5, 5.41) is 4.28. The van der Waals surface area contributed by atoms with E-state index in [4.69, 9.17) is 9.47 Å². The van der Waals surface area contributed by atoms with Gasteiger partial charge in [-0.25, -0.2) is 22.3 Å². The van der Waals surface area contributed by atoms with Crippen molar-refractivity contribution < 1.29 is 31.1 Å². The van der Waals surface area contributed by atoms with Crippen molar-refractivity contribution >= 4 is 31.7 Å². The molecule has 1 heterocycles. The number of sulfonamides is 2. The van der Waals surface area contributed by atoms with E-state index < -0.39 is 32.0 Å². The van der Waals surface area contributed by atoms with Crippen LogP contribution in [0.4, 0.5) is 0 Å². The van der Waals surface area contributed by atoms with Crippen molar-refractivity contribution in [1.29, 1.82) is 0 Å². The molecular formula is C28H32N4O7S2. The number of ether oxygens (including phenoxy) is 2. The number of benzene rings is 3. The van der Waals surface area contributed by atoms with Crippen LogP contribution in [-0.2, 0) is 24.8 Å². The van der Waals surface area contributed by atoms with Crippen molar-refractivity contribution in [3.8, 4) is 11.5 Å². The molecule has 0 saturated carbocycles. The zero-order chi connectivity index (χ0) is 29.6. The van der Waals surface area contributed by atoms with Crippen molar-refractivity contribution in [1.82, 2.24) is 14.0 Å². The van der Waals surface area contributed by atoms with Gasteiger partial charge in [0.1, 0.15) is 6.04 Å². The summed E-state index contributed by atoms with van der Waals surface area (Å²) < 4.78 is 66.7. The van der Waals surface area contributed by atoms with E-state index in [1.54, 1.807) is 54.6 Å². The highest BCUT2D eigenvalue weighted by Gasteiger charge is 2.43. The lowest BCUT2D eigenvalue weighted by molar-refractivity contribution is -0.125. The summed E-state index contributed by atoms with van der Waals surface area (Å²) in [5.41, 5.74) is 3.65. The average molecular weight is 601 g/mol. The van der Waals surface area contributed by atoms with Crippen molar-refractivity contribution in [2.75, 3.05) is 33.9 Å². The summed E-state index contributed by atoms with van der Waals surface area (Å²) in [5.74, 6) is 0.245. The molecule has 0 bridgehead atoms. The Morgan fingerprint density at radius 2 is 1.44 bits per heavy atom. The van der Waals surface area contributed by atoms with E-state index in [1.807, 2.05) is 6.92 Å². The first-order chi connectivity index (χ1) is 19.6. The van der Waals surface area contributed by atoms with E-state index >= 15 is 0 Å². The number of carbonyl (C=O) groups is 1. The third-order valence-electron chi connectivity index (χ3n) is 6.68. The fraction of sp³-hybridized carbons (Fsp3) is 0.286. The van der Waals surface area contributed by atoms with E-state index in [0.717, 1.165) is 8.61 Å². The third-order valence-corrected chi connectivity index (χ3v) is 10.5. The Morgan fingerprint density at radius 1 is 0.854 bits per heavy atom. The van der Waals surface area contributed by atoms with Gasteiger partial charge in [-0.2, -0.15) is 13.7 Å². The number of hydrogen-bond donors (Lipinski definition) is 1. The van der Waals surface area contributed by atoms with Gasteiger partial charge in [-0.05, 0) is 48.9 Å². The monoisotopic (exact) mass is 600 g/mol. The number of piperazine rings is 1. The molecule has 218 valence electrons. The molecule has 1 atom stereocenters. The van der Waals surface area contributed by atoms with E-state index in [1.165, 1.54) is 38.5 Å². The van der Waals surface area contributed by atoms with E-state index in [9.17, 15) is 21.6 Å². The molecule has 1 N–H and O–H groups in total. The third kappa shape index (κ3) is 6.43. The maximum atomic E-state index is 13.6. The number of rotatable bonds is 10. The molecule has 11 nitrogen and oxygen atoms in total. The van der Waals surface area contributed by atoms with Crippen LogP contribution in [0.25, 0.3) is 0 Å². The highest BCUT2D eigenvalue weighted by atomic mass is 32.2. The summed E-state index contributed by atoms with van der Waals surface area (Å²) in [6, 6.07) is 19.3. The zero-order valence-corrected chi connectivity index (χ0v) is 24.6. The number of methoxy groups -OCH3 is 2. The quantitative estimate of drug-likeness (QED) is 0.279. The van der Waals surface area contributed by atoms with E-state index in [2.05, 4.69) is 10.5 Å². The predicted molar refractivity (Wildman–Crippen MR) is 154 cm³/mol. The minimum Gasteiger partial charge on any atom is -0.493 e. The SMILES string of the molecule is CC/C(=N/NC(=O)[C@@H]1CN(S(=O)(=O)c2ccccc2)CCN1S(=O)(=O)c1ccccc1)c1ccc(OC)c(OC)c1. The molecule has 0 unspecified atom stereocenters. The van der Waals surface area contributed by atoms with Crippen molar-refractivity contribution in [2.24, 2.45) is 5.10 Å². The Hall–Kier alpha value is -3.78. The lowest BCUT2D eigenvalue weighted by Crippen LogP contribution is -2.60. The predicted octanol–water partition coefficient (Wildman–Crippen LogP) is 2.70. The number of amides is 1. The first kappa shape index (κ1) is 30.2. The van der Waals surface area contributed by atoms with Gasteiger partial charge in [0.25, 0.3) is 5.91 Å². The first-order valence-electron chi connectivity index (χ1n) is 12.8. The average Bonchev–Trinajstić information content (AvgIpc) is 3.01. The Bertz CT molecular complexity index is 1610. The smallest absolute Gasteiger partial charge is 0.259 e. The molecule has 1 amide bonds. The summed E-state index contributed by atoms with van der Waals surface area (Å²) in [6.07, 6.45) is 0.432. The van der Waals surface area contributed by atoms with Gasteiger partial charge in [-0.15, -0.1) is 0 Å². The molecule has 41 heavy (non-hydrogen) atoms. The van der Waals surface area contributed by atoms with Crippen LogP contribution in [0.5, 0.6) is 11.5 Å². The summed E-state index contributed by atoms with van der Waals surface area (Å²) in [4.78, 5) is 13.6. The molecule has 13 heteroatoms. The molecule has 0 aliphatic carbocycles. The minimum atomic E-state index is -4.13. The van der Waals surface area contributed by atoms with Gasteiger partial charge in [-0.1, -0.05) is 43.3 Å². The maximum absolute atomic E-state index is 13.6. The van der Waals surface area contributed by atoms with Crippen molar-refractivity contribution in [3.05, 3.63) is 84.4 Å². The summed E-state index contributed by atoms with van der Waals surface area (Å²) in [6.45, 7) is 1.12. The molecule has 0 spiro atoms. The summed E-state index contributed by atoms with van der Waals surface area (Å²) in [7, 11) is -5.09. The van der Waals surface area contributed by atoms with Crippen LogP contribution < -0.4 is 14.9 Å². The van der Waals surface area contributed by atoms with Crippen LogP contribution in [0.2, 0.25) is 0 Å². The number of nitrogens with one attached hydrogen (secondary N) is 1. The second-order valence-electron chi connectivity index (χ2n) is 9.08. The maximum Gasteiger partial charge on any atom is 0.259 e. The number of carbonyl (C=O) groups excluding carboxylic acids is 1. The van der Waals surface area contributed by atoms with Crippen LogP contribution >= 0.6 is 0 Å². The van der Waals surface area contributed by atoms with Gasteiger partial charge in [0.2, 0.25) is 20.0 Å². The highest BCUT2D eigenvalue weighted by molar-refractivity contribution is 7.89. The van der Waals surface area contributed by atoms with E-state index in [0.29, 0.717) is 29.2 Å². The molecule has 0 radical (unpaired) electrons. The zero-order valence-electron chi connectivity index (χ0n) is 22.9. The molecule has 1 aliphatic rings. The topological polar surface area (TPSA) is 135 Å². The molecule has 3 aromatic rings. The second-order valence-corrected chi connectivity index (χ2v) is 12.9. The molecule has 1 saturated heterocycles. The Balaban J connectivity index is 1.67. The van der Waals surface area contributed by atoms with E-state index in [-0.39, 0.29) is 29.4 Å². The van der Waals surface area contributed by atoms with Crippen LogP contribution in [0.3, 0.4) is 0 Å². The molecule has 0 aromatic heterocycles. The fourth-order valence-electron chi connectivity index (χ4n) is 4.49. The standard InChI is InChI=1S/C28H32N4O7S2/c1-4-24(21-15-16-26(38-2)27(19-21)39-3)29-30-28(33)25-20-31(40(34,35)22-11-7-5-8-12-22)17-18-32(25)41(36,37)23-13-9-6-10-14-23/h5-16,19,25H,4,17-18,20H2,1-3H3,(H,30,33)/b29-24-/t25-/m0/s1. The normalized spacial score (nSPS) is 17.1. The Labute approximate surface area is 240 Å². The van der Waals surface area contributed by atoms with Gasteiger partial charge in [0, 0.05) is 25.2 Å². The lowest BCUT2D eigenvalue weighted by atomic mass is 10.1. The minimum absolute atomic E-state index is 0.000225. The highest BCUT2D eigenvalue weighted by Crippen LogP contribution is 2.28. The van der Waals surface area contributed by atoms with Gasteiger partial charge in [0.05, 0.1) is 29.7 Å². The van der Waals surface area contributed by atoms with Crippen LogP contribution in [0.15, 0.2) is 93.8 Å². The fourth-order valence-corrected chi connectivity index (χ4v) is 7.54.